The maximum Gasteiger partial charge on any atom is 0.323 e. The van der Waals surface area contributed by atoms with Crippen LogP contribution in [0.2, 0.25) is 0 Å². The Kier molecular flexibility index (Phi) is 3.88. The zero-order valence-corrected chi connectivity index (χ0v) is 11.9. The topological polar surface area (TPSA) is 29.5 Å². The van der Waals surface area contributed by atoms with Crippen LogP contribution in [0.5, 0.6) is 0 Å². The highest BCUT2D eigenvalue weighted by molar-refractivity contribution is 5.78. The second-order valence-corrected chi connectivity index (χ2v) is 5.75. The third-order valence-electron chi connectivity index (χ3n) is 4.20. The van der Waals surface area contributed by atoms with Crippen molar-refractivity contribution in [2.45, 2.75) is 38.3 Å². The lowest BCUT2D eigenvalue weighted by atomic mass is 9.99. The van der Waals surface area contributed by atoms with Crippen molar-refractivity contribution in [1.29, 1.82) is 0 Å². The van der Waals surface area contributed by atoms with Crippen molar-refractivity contribution in [3.8, 4) is 0 Å². The molecule has 2 aliphatic heterocycles. The summed E-state index contributed by atoms with van der Waals surface area (Å²) in [7, 11) is 0. The molecule has 20 heavy (non-hydrogen) atoms. The first kappa shape index (κ1) is 13.4. The summed E-state index contributed by atoms with van der Waals surface area (Å²) in [4.78, 5) is 14.1. The maximum atomic E-state index is 11.8. The van der Waals surface area contributed by atoms with Gasteiger partial charge in [0.15, 0.2) is 0 Å². The number of hydrogen-bond donors (Lipinski definition) is 0. The lowest BCUT2D eigenvalue weighted by molar-refractivity contribution is -0.144. The first-order chi connectivity index (χ1) is 9.72. The molecule has 0 unspecified atom stereocenters. The Morgan fingerprint density at radius 3 is 2.50 bits per heavy atom. The van der Waals surface area contributed by atoms with Gasteiger partial charge in [-0.05, 0) is 25.3 Å². The van der Waals surface area contributed by atoms with Gasteiger partial charge < -0.3 is 4.74 Å². The van der Waals surface area contributed by atoms with Gasteiger partial charge in [0.1, 0.15) is 12.1 Å². The Balaban J connectivity index is 1.60. The summed E-state index contributed by atoms with van der Waals surface area (Å²) in [5.74, 6) is -0.0343. The summed E-state index contributed by atoms with van der Waals surface area (Å²) >= 11 is 0. The van der Waals surface area contributed by atoms with Crippen LogP contribution >= 0.6 is 0 Å². The highest BCUT2D eigenvalue weighted by atomic mass is 16.6. The minimum atomic E-state index is -0.0343. The molecule has 2 fully saturated rings. The molecule has 0 saturated carbocycles. The number of likely N-dealkylation sites (tertiary alicyclic amines) is 1. The molecule has 106 valence electrons. The number of hydrogen-bond acceptors (Lipinski definition) is 3. The first-order valence-corrected chi connectivity index (χ1v) is 7.41. The van der Waals surface area contributed by atoms with Crippen LogP contribution in [0, 0.1) is 0 Å². The van der Waals surface area contributed by atoms with Crippen LogP contribution in [0.25, 0.3) is 6.08 Å². The van der Waals surface area contributed by atoms with E-state index in [1.807, 2.05) is 13.0 Å². The first-order valence-electron chi connectivity index (χ1n) is 7.41. The third kappa shape index (κ3) is 2.93. The fraction of sp³-hybridized carbons (Fsp3) is 0.471. The lowest BCUT2D eigenvalue weighted by Gasteiger charge is -2.31. The Hall–Kier alpha value is -1.61. The van der Waals surface area contributed by atoms with Gasteiger partial charge in [0, 0.05) is 19.5 Å². The summed E-state index contributed by atoms with van der Waals surface area (Å²) in [5.41, 5.74) is 2.75. The molecule has 1 aromatic rings. The molecule has 0 aromatic heterocycles. The molecule has 3 nitrogen and oxygen atoms in total. The molecule has 0 spiro atoms. The second-order valence-electron chi connectivity index (χ2n) is 5.75. The SMILES string of the molecule is C[C@H]1C[C@H](N2CCC(=Cc3ccccc3)CC2)C(=O)O1. The monoisotopic (exact) mass is 271 g/mol. The van der Waals surface area contributed by atoms with E-state index in [1.165, 1.54) is 11.1 Å². The van der Waals surface area contributed by atoms with E-state index in [-0.39, 0.29) is 18.1 Å². The predicted octanol–water partition coefficient (Wildman–Crippen LogP) is 2.87. The largest absolute Gasteiger partial charge is 0.461 e. The third-order valence-corrected chi connectivity index (χ3v) is 4.20. The zero-order chi connectivity index (χ0) is 13.9. The van der Waals surface area contributed by atoms with Gasteiger partial charge in [-0.3, -0.25) is 9.69 Å². The van der Waals surface area contributed by atoms with Gasteiger partial charge in [-0.1, -0.05) is 42.0 Å². The Labute approximate surface area is 120 Å². The molecule has 3 heteroatoms. The van der Waals surface area contributed by atoms with Crippen LogP contribution in [-0.2, 0) is 9.53 Å². The zero-order valence-electron chi connectivity index (χ0n) is 11.9. The fourth-order valence-electron chi connectivity index (χ4n) is 3.09. The van der Waals surface area contributed by atoms with Gasteiger partial charge >= 0.3 is 5.97 Å². The number of piperidine rings is 1. The predicted molar refractivity (Wildman–Crippen MR) is 79.2 cm³/mol. The number of nitrogens with zero attached hydrogens (tertiary/aromatic N) is 1. The summed E-state index contributed by atoms with van der Waals surface area (Å²) < 4.78 is 5.25. The van der Waals surface area contributed by atoms with Gasteiger partial charge in [0.25, 0.3) is 0 Å². The van der Waals surface area contributed by atoms with Crippen LogP contribution in [0.4, 0.5) is 0 Å². The van der Waals surface area contributed by atoms with Crippen molar-refractivity contribution in [3.05, 3.63) is 41.5 Å². The number of carbonyl (C=O) groups is 1. The van der Waals surface area contributed by atoms with E-state index in [9.17, 15) is 4.79 Å². The van der Waals surface area contributed by atoms with E-state index in [0.717, 1.165) is 32.4 Å². The summed E-state index contributed by atoms with van der Waals surface area (Å²) in [6, 6.07) is 10.4. The summed E-state index contributed by atoms with van der Waals surface area (Å²) in [5, 5.41) is 0. The van der Waals surface area contributed by atoms with Crippen molar-refractivity contribution in [3.63, 3.8) is 0 Å². The number of ether oxygens (including phenoxy) is 1. The second kappa shape index (κ2) is 5.80. The van der Waals surface area contributed by atoms with Crippen molar-refractivity contribution < 1.29 is 9.53 Å². The van der Waals surface area contributed by atoms with Crippen LogP contribution in [-0.4, -0.2) is 36.1 Å². The molecule has 2 saturated heterocycles. The maximum absolute atomic E-state index is 11.8. The number of cyclic esters (lactones) is 1. The van der Waals surface area contributed by atoms with Gasteiger partial charge in [-0.15, -0.1) is 0 Å². The molecule has 2 atom stereocenters. The van der Waals surface area contributed by atoms with Crippen LogP contribution < -0.4 is 0 Å². The van der Waals surface area contributed by atoms with E-state index >= 15 is 0 Å². The van der Waals surface area contributed by atoms with Crippen molar-refractivity contribution >= 4 is 12.0 Å². The standard InChI is InChI=1S/C17H21NO2/c1-13-11-16(17(19)20-13)18-9-7-15(8-10-18)12-14-5-3-2-4-6-14/h2-6,12-13,16H,7-11H2,1H3/t13-,16-/m0/s1. The normalized spacial score (nSPS) is 27.4. The molecule has 3 rings (SSSR count). The molecule has 0 aliphatic carbocycles. The minimum absolute atomic E-state index is 0.0109. The van der Waals surface area contributed by atoms with E-state index in [0.29, 0.717) is 0 Å². The highest BCUT2D eigenvalue weighted by Gasteiger charge is 2.37. The van der Waals surface area contributed by atoms with Gasteiger partial charge in [0.2, 0.25) is 0 Å². The van der Waals surface area contributed by atoms with Crippen molar-refractivity contribution in [1.82, 2.24) is 4.90 Å². The van der Waals surface area contributed by atoms with E-state index < -0.39 is 0 Å². The highest BCUT2D eigenvalue weighted by Crippen LogP contribution is 2.26. The number of carbonyl (C=O) groups excluding carboxylic acids is 1. The van der Waals surface area contributed by atoms with E-state index in [1.54, 1.807) is 0 Å². The molecule has 0 amide bonds. The smallest absolute Gasteiger partial charge is 0.323 e. The van der Waals surface area contributed by atoms with Crippen molar-refractivity contribution in [2.24, 2.45) is 0 Å². The molecular formula is C17H21NO2. The minimum Gasteiger partial charge on any atom is -0.461 e. The lowest BCUT2D eigenvalue weighted by Crippen LogP contribution is -2.42. The van der Waals surface area contributed by atoms with Crippen LogP contribution in [0.1, 0.15) is 31.7 Å². The average molecular weight is 271 g/mol. The Morgan fingerprint density at radius 1 is 1.20 bits per heavy atom. The number of benzene rings is 1. The molecule has 0 radical (unpaired) electrons. The average Bonchev–Trinajstić information content (AvgIpc) is 2.80. The van der Waals surface area contributed by atoms with Gasteiger partial charge in [-0.25, -0.2) is 0 Å². The van der Waals surface area contributed by atoms with E-state index in [2.05, 4.69) is 35.2 Å². The molecule has 2 aliphatic rings. The summed E-state index contributed by atoms with van der Waals surface area (Å²) in [6.45, 7) is 3.90. The van der Waals surface area contributed by atoms with Gasteiger partial charge in [-0.2, -0.15) is 0 Å². The van der Waals surface area contributed by atoms with Gasteiger partial charge in [0.05, 0.1) is 0 Å². The summed E-state index contributed by atoms with van der Waals surface area (Å²) in [6.07, 6.45) is 5.30. The Bertz CT molecular complexity index is 499. The van der Waals surface area contributed by atoms with Crippen LogP contribution in [0.3, 0.4) is 0 Å². The van der Waals surface area contributed by atoms with E-state index in [4.69, 9.17) is 4.74 Å². The van der Waals surface area contributed by atoms with Crippen molar-refractivity contribution in [2.75, 3.05) is 13.1 Å². The molecule has 2 heterocycles. The molecular weight excluding hydrogens is 250 g/mol. The molecule has 0 bridgehead atoms. The fourth-order valence-corrected chi connectivity index (χ4v) is 3.09. The Morgan fingerprint density at radius 2 is 1.90 bits per heavy atom. The molecule has 1 aromatic carbocycles. The van der Waals surface area contributed by atoms with Crippen LogP contribution in [0.15, 0.2) is 35.9 Å². The number of esters is 1. The quantitative estimate of drug-likeness (QED) is 0.775. The number of rotatable bonds is 2. The molecule has 0 N–H and O–H groups in total.